The summed E-state index contributed by atoms with van der Waals surface area (Å²) in [5.41, 5.74) is 2.75. The normalized spacial score (nSPS) is 15.7. The van der Waals surface area contributed by atoms with Gasteiger partial charge < -0.3 is 14.3 Å². The lowest BCUT2D eigenvalue weighted by atomic mass is 9.99. The summed E-state index contributed by atoms with van der Waals surface area (Å²) in [7, 11) is 0. The maximum absolute atomic E-state index is 14.1. The smallest absolute Gasteiger partial charge is 0.312 e. The van der Waals surface area contributed by atoms with Crippen molar-refractivity contribution >= 4 is 23.0 Å². The number of aromatic nitrogens is 7. The van der Waals surface area contributed by atoms with Gasteiger partial charge >= 0.3 is 11.8 Å². The highest BCUT2D eigenvalue weighted by Gasteiger charge is 2.38. The van der Waals surface area contributed by atoms with Crippen LogP contribution in [0.15, 0.2) is 53.5 Å². The Labute approximate surface area is 190 Å². The molecule has 164 valence electrons. The minimum absolute atomic E-state index is 0.121. The fourth-order valence-electron chi connectivity index (χ4n) is 4.00. The number of rotatable bonds is 3. The fraction of sp³-hybridized carbons (Fsp3) is 0.143. The number of nitrogens with one attached hydrogen (secondary N) is 1. The van der Waals surface area contributed by atoms with Gasteiger partial charge in [0.1, 0.15) is 6.04 Å². The van der Waals surface area contributed by atoms with Gasteiger partial charge in [0.2, 0.25) is 0 Å². The number of aromatic amines is 1. The van der Waals surface area contributed by atoms with E-state index in [0.717, 1.165) is 5.69 Å². The van der Waals surface area contributed by atoms with E-state index in [-0.39, 0.29) is 17.5 Å². The molecule has 0 aromatic carbocycles. The predicted molar refractivity (Wildman–Crippen MR) is 113 cm³/mol. The predicted octanol–water partition coefficient (Wildman–Crippen LogP) is 3.08. The first-order chi connectivity index (χ1) is 16.1. The fourth-order valence-corrected chi connectivity index (χ4v) is 4.21. The minimum Gasteiger partial charge on any atom is -0.411 e. The summed E-state index contributed by atoms with van der Waals surface area (Å²) in [6, 6.07) is 7.44. The summed E-state index contributed by atoms with van der Waals surface area (Å²) in [6.45, 7) is 0.357. The van der Waals surface area contributed by atoms with Crippen molar-refractivity contribution in [2.45, 2.75) is 12.5 Å². The standard InChI is InChI=1S/C21H14ClFN8O2/c22-11-3-2-7-31-15(11)9-14(29-31)18-17-13(25-10-26-17)5-8-30(18)21(32)20-28-27-19(33-20)16-12(23)4-1-6-24-16/h1-4,6-7,9-10,18H,5,8H2,(H,25,26)/t18-/m1/s1. The number of nitrogens with zero attached hydrogens (tertiary/aromatic N) is 7. The van der Waals surface area contributed by atoms with Gasteiger partial charge in [-0.1, -0.05) is 11.6 Å². The number of carbonyl (C=O) groups excluding carboxylic acids is 1. The summed E-state index contributed by atoms with van der Waals surface area (Å²) in [4.78, 5) is 26.5. The highest BCUT2D eigenvalue weighted by Crippen LogP contribution is 2.35. The minimum atomic E-state index is -0.626. The third kappa shape index (κ3) is 3.16. The number of amides is 1. The number of hydrogen-bond donors (Lipinski definition) is 1. The summed E-state index contributed by atoms with van der Waals surface area (Å²) in [5, 5.41) is 12.8. The van der Waals surface area contributed by atoms with Gasteiger partial charge in [-0.15, -0.1) is 10.2 Å². The Balaban J connectivity index is 1.41. The van der Waals surface area contributed by atoms with E-state index in [1.54, 1.807) is 34.1 Å². The quantitative estimate of drug-likeness (QED) is 0.436. The molecule has 33 heavy (non-hydrogen) atoms. The van der Waals surface area contributed by atoms with Crippen LogP contribution in [0.25, 0.3) is 17.1 Å². The Morgan fingerprint density at radius 1 is 1.24 bits per heavy atom. The molecule has 0 saturated heterocycles. The summed E-state index contributed by atoms with van der Waals surface area (Å²) >= 11 is 6.32. The van der Waals surface area contributed by atoms with Crippen LogP contribution in [0.4, 0.5) is 4.39 Å². The van der Waals surface area contributed by atoms with Gasteiger partial charge in [0, 0.05) is 31.1 Å². The van der Waals surface area contributed by atoms with Crippen LogP contribution in [0.5, 0.6) is 0 Å². The van der Waals surface area contributed by atoms with E-state index in [0.29, 0.717) is 34.9 Å². The molecule has 0 saturated carbocycles. The summed E-state index contributed by atoms with van der Waals surface area (Å²) in [5.74, 6) is -1.60. The molecule has 12 heteroatoms. The lowest BCUT2D eigenvalue weighted by Crippen LogP contribution is -2.41. The number of pyridine rings is 2. The first-order valence-electron chi connectivity index (χ1n) is 10.0. The van der Waals surface area contributed by atoms with E-state index in [1.807, 2.05) is 6.07 Å². The highest BCUT2D eigenvalue weighted by molar-refractivity contribution is 6.33. The van der Waals surface area contributed by atoms with Gasteiger partial charge in [0.25, 0.3) is 5.89 Å². The SMILES string of the molecule is O=C(c1nnc(-c2ncccc2F)o1)N1CCc2[nH]cnc2[C@H]1c1cc2c(Cl)cccn2n1. The van der Waals surface area contributed by atoms with E-state index >= 15 is 0 Å². The van der Waals surface area contributed by atoms with Crippen LogP contribution < -0.4 is 0 Å². The Morgan fingerprint density at radius 3 is 3.00 bits per heavy atom. The number of halogens is 2. The molecule has 5 aromatic rings. The van der Waals surface area contributed by atoms with Gasteiger partial charge in [0.15, 0.2) is 11.5 Å². The number of imidazole rings is 1. The second-order valence-electron chi connectivity index (χ2n) is 7.42. The average Bonchev–Trinajstić information content (AvgIpc) is 3.57. The van der Waals surface area contributed by atoms with Crippen molar-refractivity contribution in [1.82, 2.24) is 39.7 Å². The molecule has 0 bridgehead atoms. The third-order valence-electron chi connectivity index (χ3n) is 5.50. The van der Waals surface area contributed by atoms with Crippen molar-refractivity contribution < 1.29 is 13.6 Å². The Bertz CT molecular complexity index is 1510. The number of fused-ring (bicyclic) bond motifs is 2. The largest absolute Gasteiger partial charge is 0.411 e. The van der Waals surface area contributed by atoms with Crippen LogP contribution in [-0.2, 0) is 6.42 Å². The molecule has 1 aliphatic heterocycles. The van der Waals surface area contributed by atoms with Crippen LogP contribution in [0.1, 0.15) is 33.8 Å². The first-order valence-corrected chi connectivity index (χ1v) is 10.4. The van der Waals surface area contributed by atoms with Crippen molar-refractivity contribution in [2.24, 2.45) is 0 Å². The molecular formula is C21H14ClFN8O2. The highest BCUT2D eigenvalue weighted by atomic mass is 35.5. The van der Waals surface area contributed by atoms with E-state index in [4.69, 9.17) is 16.0 Å². The van der Waals surface area contributed by atoms with Crippen molar-refractivity contribution in [3.8, 4) is 11.6 Å². The molecule has 5 aromatic heterocycles. The topological polar surface area (TPSA) is 118 Å². The molecule has 1 amide bonds. The van der Waals surface area contributed by atoms with Crippen molar-refractivity contribution in [2.75, 3.05) is 6.54 Å². The molecule has 10 nitrogen and oxygen atoms in total. The lowest BCUT2D eigenvalue weighted by molar-refractivity contribution is 0.0646. The maximum Gasteiger partial charge on any atom is 0.312 e. The number of hydrogen-bond acceptors (Lipinski definition) is 7. The number of H-pyrrole nitrogens is 1. The van der Waals surface area contributed by atoms with E-state index in [1.165, 1.54) is 18.3 Å². The van der Waals surface area contributed by atoms with Crippen LogP contribution >= 0.6 is 11.6 Å². The molecule has 6 rings (SSSR count). The molecule has 0 aliphatic carbocycles. The zero-order valence-corrected chi connectivity index (χ0v) is 17.6. The number of carbonyl (C=O) groups is 1. The van der Waals surface area contributed by atoms with Crippen molar-refractivity contribution in [3.63, 3.8) is 0 Å². The molecule has 1 N–H and O–H groups in total. The van der Waals surface area contributed by atoms with E-state index in [2.05, 4.69) is 30.2 Å². The molecular weight excluding hydrogens is 451 g/mol. The molecule has 0 fully saturated rings. The first kappa shape index (κ1) is 19.6. The van der Waals surface area contributed by atoms with Gasteiger partial charge in [-0.2, -0.15) is 5.10 Å². The summed E-state index contributed by atoms with van der Waals surface area (Å²) in [6.07, 6.45) is 5.32. The Hall–Kier alpha value is -4.12. The maximum atomic E-state index is 14.1. The van der Waals surface area contributed by atoms with Crippen LogP contribution in [-0.4, -0.2) is 52.1 Å². The second-order valence-corrected chi connectivity index (χ2v) is 7.83. The Kier molecular flexibility index (Phi) is 4.44. The molecule has 0 radical (unpaired) electrons. The van der Waals surface area contributed by atoms with Crippen LogP contribution in [0.2, 0.25) is 5.02 Å². The van der Waals surface area contributed by atoms with Gasteiger partial charge in [-0.3, -0.25) is 4.79 Å². The lowest BCUT2D eigenvalue weighted by Gasteiger charge is -2.32. The van der Waals surface area contributed by atoms with Crippen molar-refractivity contribution in [3.05, 3.63) is 82.9 Å². The monoisotopic (exact) mass is 464 g/mol. The zero-order chi connectivity index (χ0) is 22.5. The second kappa shape index (κ2) is 7.48. The van der Waals surface area contributed by atoms with Crippen LogP contribution in [0.3, 0.4) is 0 Å². The molecule has 0 unspecified atom stereocenters. The Morgan fingerprint density at radius 2 is 2.15 bits per heavy atom. The van der Waals surface area contributed by atoms with E-state index in [9.17, 15) is 9.18 Å². The summed E-state index contributed by atoms with van der Waals surface area (Å²) < 4.78 is 21.2. The molecule has 0 spiro atoms. The average molecular weight is 465 g/mol. The zero-order valence-electron chi connectivity index (χ0n) is 16.8. The van der Waals surface area contributed by atoms with Gasteiger partial charge in [-0.25, -0.2) is 18.9 Å². The molecule has 6 heterocycles. The van der Waals surface area contributed by atoms with Gasteiger partial charge in [-0.05, 0) is 30.3 Å². The third-order valence-corrected chi connectivity index (χ3v) is 5.82. The van der Waals surface area contributed by atoms with Gasteiger partial charge in [0.05, 0.1) is 28.3 Å². The molecule has 1 aliphatic rings. The van der Waals surface area contributed by atoms with Crippen molar-refractivity contribution in [1.29, 1.82) is 0 Å². The van der Waals surface area contributed by atoms with E-state index < -0.39 is 17.8 Å². The van der Waals surface area contributed by atoms with Crippen LogP contribution in [0, 0.1) is 5.82 Å². The molecule has 1 atom stereocenters.